The van der Waals surface area contributed by atoms with Crippen LogP contribution in [-0.4, -0.2) is 28.7 Å². The molecule has 3 heteroatoms. The van der Waals surface area contributed by atoms with Gasteiger partial charge in [0.25, 0.3) is 0 Å². The summed E-state index contributed by atoms with van der Waals surface area (Å²) in [6.07, 6.45) is 0. The maximum Gasteiger partial charge on any atom is 0.236 e. The zero-order valence-electron chi connectivity index (χ0n) is 8.30. The molecule has 0 saturated heterocycles. The van der Waals surface area contributed by atoms with Crippen LogP contribution in [0.4, 0.5) is 0 Å². The highest BCUT2D eigenvalue weighted by Gasteiger charge is 2.16. The SMILES string of the molecule is CCN(CC(C)C)C(=O)C(C)Br. The number of hydrogen-bond acceptors (Lipinski definition) is 1. The summed E-state index contributed by atoms with van der Waals surface area (Å²) in [6.45, 7) is 9.77. The smallest absolute Gasteiger partial charge is 0.236 e. The van der Waals surface area contributed by atoms with Crippen LogP contribution in [0.25, 0.3) is 0 Å². The van der Waals surface area contributed by atoms with Gasteiger partial charge in [0, 0.05) is 13.1 Å². The van der Waals surface area contributed by atoms with Crippen LogP contribution in [0.3, 0.4) is 0 Å². The normalized spacial score (nSPS) is 13.2. The number of hydrogen-bond donors (Lipinski definition) is 0. The predicted molar refractivity (Wildman–Crippen MR) is 55.5 cm³/mol. The standard InChI is InChI=1S/C9H18BrNO/c1-5-11(6-7(2)3)9(12)8(4)10/h7-8H,5-6H2,1-4H3. The molecule has 0 aliphatic rings. The van der Waals surface area contributed by atoms with Crippen LogP contribution in [0.1, 0.15) is 27.7 Å². The fraction of sp³-hybridized carbons (Fsp3) is 0.889. The summed E-state index contributed by atoms with van der Waals surface area (Å²) in [7, 11) is 0. The minimum atomic E-state index is -0.0591. The molecule has 0 aromatic heterocycles. The third kappa shape index (κ3) is 4.10. The molecule has 1 atom stereocenters. The second-order valence-corrected chi connectivity index (χ2v) is 4.76. The summed E-state index contributed by atoms with van der Waals surface area (Å²) >= 11 is 3.28. The molecule has 0 aliphatic heterocycles. The number of rotatable bonds is 4. The van der Waals surface area contributed by atoms with Gasteiger partial charge >= 0.3 is 0 Å². The number of carbonyl (C=O) groups is 1. The summed E-state index contributed by atoms with van der Waals surface area (Å²) in [6, 6.07) is 0. The number of amides is 1. The first-order valence-electron chi connectivity index (χ1n) is 4.41. The van der Waals surface area contributed by atoms with Gasteiger partial charge in [0.2, 0.25) is 5.91 Å². The molecule has 0 spiro atoms. The average molecular weight is 236 g/mol. The Hall–Kier alpha value is -0.0500. The highest BCUT2D eigenvalue weighted by atomic mass is 79.9. The summed E-state index contributed by atoms with van der Waals surface area (Å²) < 4.78 is 0. The van der Waals surface area contributed by atoms with Crippen molar-refractivity contribution in [1.82, 2.24) is 4.90 Å². The van der Waals surface area contributed by atoms with E-state index >= 15 is 0 Å². The molecule has 0 N–H and O–H groups in total. The number of nitrogens with zero attached hydrogens (tertiary/aromatic N) is 1. The van der Waals surface area contributed by atoms with Crippen molar-refractivity contribution in [3.8, 4) is 0 Å². The van der Waals surface area contributed by atoms with Crippen molar-refractivity contribution in [1.29, 1.82) is 0 Å². The van der Waals surface area contributed by atoms with Crippen LogP contribution in [0, 0.1) is 5.92 Å². The zero-order valence-corrected chi connectivity index (χ0v) is 9.89. The lowest BCUT2D eigenvalue weighted by Crippen LogP contribution is -2.37. The van der Waals surface area contributed by atoms with E-state index in [2.05, 4.69) is 29.8 Å². The molecule has 1 unspecified atom stereocenters. The number of alkyl halides is 1. The second-order valence-electron chi connectivity index (χ2n) is 3.39. The Morgan fingerprint density at radius 1 is 1.42 bits per heavy atom. The van der Waals surface area contributed by atoms with Crippen molar-refractivity contribution >= 4 is 21.8 Å². The first kappa shape index (κ1) is 11.9. The molecule has 0 bridgehead atoms. The van der Waals surface area contributed by atoms with Gasteiger partial charge < -0.3 is 4.90 Å². The maximum absolute atomic E-state index is 11.5. The molecule has 0 aliphatic carbocycles. The van der Waals surface area contributed by atoms with Gasteiger partial charge in [0.1, 0.15) is 0 Å². The van der Waals surface area contributed by atoms with Crippen molar-refractivity contribution in [3.63, 3.8) is 0 Å². The lowest BCUT2D eigenvalue weighted by atomic mass is 10.2. The van der Waals surface area contributed by atoms with Crippen LogP contribution in [0.2, 0.25) is 0 Å². The summed E-state index contributed by atoms with van der Waals surface area (Å²) in [5.41, 5.74) is 0. The van der Waals surface area contributed by atoms with Crippen molar-refractivity contribution in [2.24, 2.45) is 5.92 Å². The van der Waals surface area contributed by atoms with E-state index in [0.29, 0.717) is 5.92 Å². The zero-order chi connectivity index (χ0) is 9.72. The highest BCUT2D eigenvalue weighted by molar-refractivity contribution is 9.10. The Labute approximate surface area is 83.4 Å². The Morgan fingerprint density at radius 2 is 1.92 bits per heavy atom. The molecule has 0 rings (SSSR count). The quantitative estimate of drug-likeness (QED) is 0.686. The molecule has 0 heterocycles. The van der Waals surface area contributed by atoms with E-state index in [-0.39, 0.29) is 10.7 Å². The lowest BCUT2D eigenvalue weighted by molar-refractivity contribution is -0.130. The monoisotopic (exact) mass is 235 g/mol. The molecule has 2 nitrogen and oxygen atoms in total. The molecular formula is C9H18BrNO. The van der Waals surface area contributed by atoms with E-state index in [1.54, 1.807) is 0 Å². The third-order valence-corrected chi connectivity index (χ3v) is 2.01. The van der Waals surface area contributed by atoms with Crippen molar-refractivity contribution in [3.05, 3.63) is 0 Å². The lowest BCUT2D eigenvalue weighted by Gasteiger charge is -2.24. The minimum Gasteiger partial charge on any atom is -0.342 e. The van der Waals surface area contributed by atoms with E-state index < -0.39 is 0 Å². The Kier molecular flexibility index (Phi) is 5.55. The van der Waals surface area contributed by atoms with Crippen LogP contribution >= 0.6 is 15.9 Å². The minimum absolute atomic E-state index is 0.0591. The van der Waals surface area contributed by atoms with Crippen LogP contribution in [0.5, 0.6) is 0 Å². The van der Waals surface area contributed by atoms with Gasteiger partial charge in [-0.15, -0.1) is 0 Å². The van der Waals surface area contributed by atoms with E-state index in [9.17, 15) is 4.79 Å². The largest absolute Gasteiger partial charge is 0.342 e. The van der Waals surface area contributed by atoms with Gasteiger partial charge in [-0.3, -0.25) is 4.79 Å². The van der Waals surface area contributed by atoms with E-state index in [0.717, 1.165) is 13.1 Å². The maximum atomic E-state index is 11.5. The third-order valence-electron chi connectivity index (χ3n) is 1.62. The molecule has 12 heavy (non-hydrogen) atoms. The van der Waals surface area contributed by atoms with E-state index in [4.69, 9.17) is 0 Å². The average Bonchev–Trinajstić information content (AvgIpc) is 1.98. The first-order valence-corrected chi connectivity index (χ1v) is 5.33. The Morgan fingerprint density at radius 3 is 2.17 bits per heavy atom. The van der Waals surface area contributed by atoms with Gasteiger partial charge in [-0.05, 0) is 19.8 Å². The summed E-state index contributed by atoms with van der Waals surface area (Å²) in [5.74, 6) is 0.728. The number of carbonyl (C=O) groups excluding carboxylic acids is 1. The molecule has 1 amide bonds. The molecule has 0 fully saturated rings. The molecule has 72 valence electrons. The van der Waals surface area contributed by atoms with Crippen molar-refractivity contribution in [2.75, 3.05) is 13.1 Å². The molecule has 0 saturated carbocycles. The molecular weight excluding hydrogens is 218 g/mol. The van der Waals surface area contributed by atoms with E-state index in [1.165, 1.54) is 0 Å². The Balaban J connectivity index is 4.06. The number of halogens is 1. The molecule has 0 radical (unpaired) electrons. The van der Waals surface area contributed by atoms with E-state index in [1.807, 2.05) is 18.7 Å². The molecule has 0 aromatic carbocycles. The first-order chi connectivity index (χ1) is 5.49. The Bertz CT molecular complexity index is 145. The van der Waals surface area contributed by atoms with Gasteiger partial charge in [0.05, 0.1) is 4.83 Å². The van der Waals surface area contributed by atoms with Gasteiger partial charge in [-0.25, -0.2) is 0 Å². The van der Waals surface area contributed by atoms with Crippen molar-refractivity contribution in [2.45, 2.75) is 32.5 Å². The fourth-order valence-electron chi connectivity index (χ4n) is 1.07. The van der Waals surface area contributed by atoms with Gasteiger partial charge in [-0.1, -0.05) is 29.8 Å². The summed E-state index contributed by atoms with van der Waals surface area (Å²) in [4.78, 5) is 13.3. The predicted octanol–water partition coefficient (Wildman–Crippen LogP) is 2.27. The topological polar surface area (TPSA) is 20.3 Å². The summed E-state index contributed by atoms with van der Waals surface area (Å²) in [5, 5.41) is 0. The second kappa shape index (κ2) is 5.57. The van der Waals surface area contributed by atoms with Crippen LogP contribution < -0.4 is 0 Å². The highest BCUT2D eigenvalue weighted by Crippen LogP contribution is 2.06. The van der Waals surface area contributed by atoms with Crippen LogP contribution in [0.15, 0.2) is 0 Å². The molecule has 0 aromatic rings. The van der Waals surface area contributed by atoms with Crippen molar-refractivity contribution < 1.29 is 4.79 Å². The van der Waals surface area contributed by atoms with Gasteiger partial charge in [-0.2, -0.15) is 0 Å². The van der Waals surface area contributed by atoms with Gasteiger partial charge in [0.15, 0.2) is 0 Å². The van der Waals surface area contributed by atoms with Crippen LogP contribution in [-0.2, 0) is 4.79 Å². The fourth-order valence-corrected chi connectivity index (χ4v) is 1.36.